The first-order valence-corrected chi connectivity index (χ1v) is 5.26. The van der Waals surface area contributed by atoms with Crippen molar-refractivity contribution in [2.24, 2.45) is 0 Å². The van der Waals surface area contributed by atoms with E-state index in [0.717, 1.165) is 12.8 Å². The van der Waals surface area contributed by atoms with Crippen molar-refractivity contribution in [3.8, 4) is 6.07 Å². The second-order valence-electron chi connectivity index (χ2n) is 4.25. The molecule has 0 bridgehead atoms. The van der Waals surface area contributed by atoms with Crippen LogP contribution in [0.2, 0.25) is 0 Å². The molecule has 2 atom stereocenters. The summed E-state index contributed by atoms with van der Waals surface area (Å²) in [6, 6.07) is 1.91. The third-order valence-corrected chi connectivity index (χ3v) is 2.79. The molecule has 0 spiro atoms. The molecule has 1 saturated carbocycles. The van der Waals surface area contributed by atoms with Crippen molar-refractivity contribution in [3.63, 3.8) is 0 Å². The van der Waals surface area contributed by atoms with Crippen LogP contribution in [0.15, 0.2) is 0 Å². The number of carbonyl (C=O) groups is 1. The van der Waals surface area contributed by atoms with E-state index in [1.54, 1.807) is 4.90 Å². The van der Waals surface area contributed by atoms with Gasteiger partial charge in [0.2, 0.25) is 5.91 Å². The highest BCUT2D eigenvalue weighted by Crippen LogP contribution is 2.21. The van der Waals surface area contributed by atoms with Crippen LogP contribution in [0.3, 0.4) is 0 Å². The molecule has 82 valence electrons. The van der Waals surface area contributed by atoms with Crippen LogP contribution in [0.1, 0.15) is 19.3 Å². The number of nitrogens with one attached hydrogen (secondary N) is 1. The van der Waals surface area contributed by atoms with E-state index in [0.29, 0.717) is 6.04 Å². The lowest BCUT2D eigenvalue weighted by Gasteiger charge is -2.17. The molecular weight excluding hydrogens is 197 g/mol. The standard InChI is InChI=1S/C10H14FN3O/c11-7-3-9(4-12)14(5-7)6-10(15)13-8-1-2-8/h7-9H,1-3,5-6H2,(H,13,15)/t7-,9-/m0/s1. The van der Waals surface area contributed by atoms with E-state index in [4.69, 9.17) is 5.26 Å². The molecule has 1 aliphatic carbocycles. The molecule has 0 radical (unpaired) electrons. The van der Waals surface area contributed by atoms with E-state index < -0.39 is 12.2 Å². The lowest BCUT2D eigenvalue weighted by molar-refractivity contribution is -0.122. The van der Waals surface area contributed by atoms with Gasteiger partial charge in [-0.05, 0) is 12.8 Å². The topological polar surface area (TPSA) is 56.1 Å². The van der Waals surface area contributed by atoms with E-state index in [2.05, 4.69) is 5.32 Å². The van der Waals surface area contributed by atoms with Gasteiger partial charge in [0.1, 0.15) is 12.2 Å². The molecule has 15 heavy (non-hydrogen) atoms. The summed E-state index contributed by atoms with van der Waals surface area (Å²) in [5.74, 6) is -0.0909. The van der Waals surface area contributed by atoms with Gasteiger partial charge in [0, 0.05) is 19.0 Å². The Bertz CT molecular complexity index is 298. The highest BCUT2D eigenvalue weighted by Gasteiger charge is 2.34. The Morgan fingerprint density at radius 2 is 2.33 bits per heavy atom. The van der Waals surface area contributed by atoms with E-state index in [1.807, 2.05) is 6.07 Å². The zero-order valence-electron chi connectivity index (χ0n) is 8.45. The molecule has 2 aliphatic rings. The quantitative estimate of drug-likeness (QED) is 0.725. The molecule has 2 fully saturated rings. The smallest absolute Gasteiger partial charge is 0.234 e. The molecule has 1 N–H and O–H groups in total. The molecule has 0 aromatic carbocycles. The third-order valence-electron chi connectivity index (χ3n) is 2.79. The molecule has 4 nitrogen and oxygen atoms in total. The lowest BCUT2D eigenvalue weighted by atomic mass is 10.2. The van der Waals surface area contributed by atoms with Crippen molar-refractivity contribution in [3.05, 3.63) is 0 Å². The maximum absolute atomic E-state index is 13.0. The van der Waals surface area contributed by atoms with Crippen LogP contribution in [0, 0.1) is 11.3 Å². The fourth-order valence-corrected chi connectivity index (χ4v) is 1.84. The van der Waals surface area contributed by atoms with Crippen LogP contribution in [0.5, 0.6) is 0 Å². The Morgan fingerprint density at radius 1 is 1.60 bits per heavy atom. The van der Waals surface area contributed by atoms with Crippen molar-refractivity contribution in [2.75, 3.05) is 13.1 Å². The van der Waals surface area contributed by atoms with Gasteiger partial charge in [-0.3, -0.25) is 9.69 Å². The van der Waals surface area contributed by atoms with E-state index in [1.165, 1.54) is 0 Å². The van der Waals surface area contributed by atoms with E-state index in [-0.39, 0.29) is 25.4 Å². The Balaban J connectivity index is 1.82. The first-order valence-electron chi connectivity index (χ1n) is 5.26. The number of carbonyl (C=O) groups excluding carboxylic acids is 1. The van der Waals surface area contributed by atoms with Gasteiger partial charge in [0.25, 0.3) is 0 Å². The number of rotatable bonds is 3. The number of amides is 1. The summed E-state index contributed by atoms with van der Waals surface area (Å²) in [6.07, 6.45) is 1.34. The monoisotopic (exact) mass is 211 g/mol. The van der Waals surface area contributed by atoms with Gasteiger partial charge in [-0.1, -0.05) is 0 Å². The van der Waals surface area contributed by atoms with E-state index in [9.17, 15) is 9.18 Å². The largest absolute Gasteiger partial charge is 0.352 e. The fraction of sp³-hybridized carbons (Fsp3) is 0.800. The second-order valence-corrected chi connectivity index (χ2v) is 4.25. The Hall–Kier alpha value is -1.15. The Kier molecular flexibility index (Phi) is 2.87. The van der Waals surface area contributed by atoms with Crippen LogP contribution in [-0.4, -0.2) is 42.2 Å². The predicted octanol–water partition coefficient (Wildman–Crippen LogP) is 0.201. The highest BCUT2D eigenvalue weighted by atomic mass is 19.1. The number of nitriles is 1. The van der Waals surface area contributed by atoms with Gasteiger partial charge in [-0.25, -0.2) is 4.39 Å². The summed E-state index contributed by atoms with van der Waals surface area (Å²) in [7, 11) is 0. The number of hydrogen-bond donors (Lipinski definition) is 1. The second kappa shape index (κ2) is 4.15. The lowest BCUT2D eigenvalue weighted by Crippen LogP contribution is -2.40. The molecule has 0 aromatic heterocycles. The zero-order chi connectivity index (χ0) is 10.8. The van der Waals surface area contributed by atoms with E-state index >= 15 is 0 Å². The van der Waals surface area contributed by atoms with Gasteiger partial charge in [0.15, 0.2) is 0 Å². The molecule has 1 aliphatic heterocycles. The van der Waals surface area contributed by atoms with Gasteiger partial charge in [0.05, 0.1) is 12.6 Å². The molecule has 1 amide bonds. The van der Waals surface area contributed by atoms with Gasteiger partial charge in [-0.2, -0.15) is 5.26 Å². The maximum atomic E-state index is 13.0. The van der Waals surface area contributed by atoms with Gasteiger partial charge >= 0.3 is 0 Å². The molecule has 5 heteroatoms. The van der Waals surface area contributed by atoms with Gasteiger partial charge < -0.3 is 5.32 Å². The summed E-state index contributed by atoms with van der Waals surface area (Å²) in [4.78, 5) is 13.0. The van der Waals surface area contributed by atoms with Crippen LogP contribution >= 0.6 is 0 Å². The average Bonchev–Trinajstić information content (AvgIpc) is 2.90. The van der Waals surface area contributed by atoms with Crippen molar-refractivity contribution < 1.29 is 9.18 Å². The number of halogens is 1. The minimum atomic E-state index is -0.969. The maximum Gasteiger partial charge on any atom is 0.234 e. The minimum absolute atomic E-state index is 0.0909. The first kappa shape index (κ1) is 10.4. The predicted molar refractivity (Wildman–Crippen MR) is 51.7 cm³/mol. The van der Waals surface area contributed by atoms with Crippen molar-refractivity contribution in [1.29, 1.82) is 5.26 Å². The SMILES string of the molecule is N#C[C@@H]1C[C@H](F)CN1CC(=O)NC1CC1. The van der Waals surface area contributed by atoms with Crippen molar-refractivity contribution in [1.82, 2.24) is 10.2 Å². The van der Waals surface area contributed by atoms with Crippen LogP contribution < -0.4 is 5.32 Å². The number of nitrogens with zero attached hydrogens (tertiary/aromatic N) is 2. The first-order chi connectivity index (χ1) is 7.19. The number of hydrogen-bond acceptors (Lipinski definition) is 3. The third kappa shape index (κ3) is 2.66. The minimum Gasteiger partial charge on any atom is -0.352 e. The summed E-state index contributed by atoms with van der Waals surface area (Å²) in [6.45, 7) is 0.353. The molecule has 1 saturated heterocycles. The Morgan fingerprint density at radius 3 is 2.93 bits per heavy atom. The van der Waals surface area contributed by atoms with Gasteiger partial charge in [-0.15, -0.1) is 0 Å². The molecule has 0 aromatic rings. The highest BCUT2D eigenvalue weighted by molar-refractivity contribution is 5.78. The van der Waals surface area contributed by atoms with Crippen LogP contribution in [0.4, 0.5) is 4.39 Å². The normalized spacial score (nSPS) is 31.2. The summed E-state index contributed by atoms with van der Waals surface area (Å²) >= 11 is 0. The average molecular weight is 211 g/mol. The summed E-state index contributed by atoms with van der Waals surface area (Å²) in [5, 5.41) is 11.6. The van der Waals surface area contributed by atoms with Crippen LogP contribution in [0.25, 0.3) is 0 Å². The number of likely N-dealkylation sites (tertiary alicyclic amines) is 1. The summed E-state index contributed by atoms with van der Waals surface area (Å²) < 4.78 is 13.0. The molecule has 0 unspecified atom stereocenters. The molecule has 2 rings (SSSR count). The molecular formula is C10H14FN3O. The summed E-state index contributed by atoms with van der Waals surface area (Å²) in [5.41, 5.74) is 0. The van der Waals surface area contributed by atoms with Crippen molar-refractivity contribution in [2.45, 2.75) is 37.5 Å². The zero-order valence-corrected chi connectivity index (χ0v) is 8.45. The van der Waals surface area contributed by atoms with Crippen molar-refractivity contribution >= 4 is 5.91 Å². The number of alkyl halides is 1. The van der Waals surface area contributed by atoms with Crippen LogP contribution in [-0.2, 0) is 4.79 Å². The Labute approximate surface area is 88.0 Å². The fourth-order valence-electron chi connectivity index (χ4n) is 1.84. The molecule has 1 heterocycles.